The number of hydrazine groups is 1. The number of esters is 1. The van der Waals surface area contributed by atoms with Crippen molar-refractivity contribution in [1.82, 2.24) is 30.8 Å². The highest BCUT2D eigenvalue weighted by molar-refractivity contribution is 6.30. The number of nitrogens with one attached hydrogen (secondary N) is 2. The van der Waals surface area contributed by atoms with E-state index in [1.165, 1.54) is 19.0 Å². The van der Waals surface area contributed by atoms with Crippen molar-refractivity contribution in [2.24, 2.45) is 17.8 Å². The van der Waals surface area contributed by atoms with Crippen molar-refractivity contribution < 1.29 is 52.5 Å². The van der Waals surface area contributed by atoms with E-state index in [1.807, 2.05) is 32.8 Å². The number of carbonyl (C=O) groups excluding carboxylic acids is 4. The van der Waals surface area contributed by atoms with Crippen LogP contribution in [0.4, 0.5) is 4.79 Å². The summed E-state index contributed by atoms with van der Waals surface area (Å²) < 4.78 is 36.4. The zero-order valence-corrected chi connectivity index (χ0v) is 37.4. The van der Waals surface area contributed by atoms with Crippen LogP contribution in [-0.4, -0.2) is 137 Å². The van der Waals surface area contributed by atoms with Gasteiger partial charge in [-0.25, -0.2) is 15.2 Å². The van der Waals surface area contributed by atoms with Gasteiger partial charge in [0.15, 0.2) is 17.7 Å². The number of benzene rings is 1. The topological polar surface area (TPSA) is 204 Å². The Morgan fingerprint density at radius 1 is 1.07 bits per heavy atom. The molecule has 2 aromatic rings. The zero-order valence-electron chi connectivity index (χ0n) is 36.6. The third-order valence-electron chi connectivity index (χ3n) is 12.4. The van der Waals surface area contributed by atoms with Gasteiger partial charge in [0.1, 0.15) is 24.2 Å². The molecule has 18 heteroatoms. The smallest absolute Gasteiger partial charge is 0.425 e. The summed E-state index contributed by atoms with van der Waals surface area (Å²) in [7, 11) is 5.21. The summed E-state index contributed by atoms with van der Waals surface area (Å²) in [6.07, 6.45) is -3.54. The number of ketones is 1. The van der Waals surface area contributed by atoms with Crippen LogP contribution in [0.25, 0.3) is 11.4 Å². The summed E-state index contributed by atoms with van der Waals surface area (Å²) >= 11 is 6.01. The Morgan fingerprint density at radius 3 is 2.38 bits per heavy atom. The molecule has 4 heterocycles. The molecule has 3 N–H and O–H groups in total. The van der Waals surface area contributed by atoms with Gasteiger partial charge in [-0.3, -0.25) is 14.4 Å². The molecule has 2 amide bonds. The highest BCUT2D eigenvalue weighted by Gasteiger charge is 2.60. The van der Waals surface area contributed by atoms with Gasteiger partial charge in [-0.05, 0) is 98.7 Å². The van der Waals surface area contributed by atoms with E-state index in [-0.39, 0.29) is 31.5 Å². The summed E-state index contributed by atoms with van der Waals surface area (Å²) in [6.45, 7) is 13.9. The first-order valence-corrected chi connectivity index (χ1v) is 21.2. The summed E-state index contributed by atoms with van der Waals surface area (Å²) in [4.78, 5) is 62.8. The Hall–Kier alpha value is -3.71. The van der Waals surface area contributed by atoms with Crippen LogP contribution in [-0.2, 0) is 44.5 Å². The fraction of sp³-hybridized carbons (Fsp3) is 0.714. The van der Waals surface area contributed by atoms with Crippen LogP contribution in [0.5, 0.6) is 0 Å². The minimum atomic E-state index is -1.52. The fourth-order valence-electron chi connectivity index (χ4n) is 8.91. The first-order chi connectivity index (χ1) is 28.2. The molecule has 3 aliphatic heterocycles. The average Bonchev–Trinajstić information content (AvgIpc) is 3.78. The third kappa shape index (κ3) is 10.1. The average molecular weight is 863 g/mol. The lowest BCUT2D eigenvalue weighted by atomic mass is 9.79. The number of hydrogen-bond donors (Lipinski definition) is 3. The van der Waals surface area contributed by atoms with E-state index in [2.05, 4.69) is 20.9 Å². The van der Waals surface area contributed by atoms with Crippen molar-refractivity contribution in [1.29, 1.82) is 0 Å². The molecule has 0 bridgehead atoms. The van der Waals surface area contributed by atoms with E-state index in [9.17, 15) is 24.3 Å². The van der Waals surface area contributed by atoms with Crippen molar-refractivity contribution in [2.45, 2.75) is 148 Å². The number of amides is 2. The number of aryl methyl sites for hydroxylation is 1. The molecule has 0 aliphatic carbocycles. The number of ether oxygens (including phenoxy) is 5. The second-order valence-electron chi connectivity index (χ2n) is 17.2. The van der Waals surface area contributed by atoms with Crippen LogP contribution in [0.1, 0.15) is 87.0 Å². The SMILES string of the molecule is CC[C@@H]1OC(=O)[C@H](C)C(=O)[C@H](C)[C@H](O[C@@H]2O[C@H](C)C[C@H](N(C)C)[C@H]2O)[C@@](C)(OC)C[C@@H](C)NC(=O)C(C)[C@H]2N(NCCCc3nc(-c4ccc(Cl)cc4)no3)C(=O)O[C@]12C. The normalized spacial score (nSPS) is 36.0. The van der Waals surface area contributed by atoms with Crippen LogP contribution >= 0.6 is 11.6 Å². The lowest BCUT2D eigenvalue weighted by Gasteiger charge is -2.46. The van der Waals surface area contributed by atoms with Crippen molar-refractivity contribution >= 4 is 35.4 Å². The van der Waals surface area contributed by atoms with Crippen LogP contribution < -0.4 is 10.7 Å². The first kappa shape index (κ1) is 47.3. The molecular weight excluding hydrogens is 800 g/mol. The number of fused-ring (bicyclic) bond motifs is 1. The highest BCUT2D eigenvalue weighted by atomic mass is 35.5. The number of aromatic nitrogens is 2. The zero-order chi connectivity index (χ0) is 44.3. The first-order valence-electron chi connectivity index (χ1n) is 20.8. The van der Waals surface area contributed by atoms with Crippen molar-refractivity contribution in [3.05, 3.63) is 35.2 Å². The van der Waals surface area contributed by atoms with Crippen LogP contribution in [0, 0.1) is 17.8 Å². The number of likely N-dealkylation sites (N-methyl/N-ethyl adjacent to an activating group) is 1. The molecule has 1 aromatic carbocycles. The number of Topliss-reactive ketones (excluding diaryl/α,β-unsaturated/α-hetero) is 1. The summed E-state index contributed by atoms with van der Waals surface area (Å²) in [5.41, 5.74) is 1.12. The molecule has 3 fully saturated rings. The van der Waals surface area contributed by atoms with Crippen LogP contribution in [0.15, 0.2) is 28.8 Å². The number of rotatable bonds is 11. The van der Waals surface area contributed by atoms with Gasteiger partial charge in [0.05, 0.1) is 23.7 Å². The lowest BCUT2D eigenvalue weighted by Crippen LogP contribution is -2.61. The van der Waals surface area contributed by atoms with E-state index >= 15 is 0 Å². The van der Waals surface area contributed by atoms with Crippen molar-refractivity contribution in [2.75, 3.05) is 27.7 Å². The predicted octanol–water partition coefficient (Wildman–Crippen LogP) is 4.33. The molecule has 0 radical (unpaired) electrons. The molecule has 334 valence electrons. The number of halogens is 1. The van der Waals surface area contributed by atoms with Crippen LogP contribution in [0.2, 0.25) is 5.02 Å². The number of cyclic esters (lactones) is 1. The summed E-state index contributed by atoms with van der Waals surface area (Å²) in [5.74, 6) is -4.05. The number of methoxy groups -OCH3 is 1. The van der Waals surface area contributed by atoms with Gasteiger partial charge < -0.3 is 43.5 Å². The molecule has 3 aliphatic rings. The van der Waals surface area contributed by atoms with Gasteiger partial charge in [0.25, 0.3) is 0 Å². The quantitative estimate of drug-likeness (QED) is 0.164. The summed E-state index contributed by atoms with van der Waals surface area (Å²) in [6, 6.07) is 5.26. The molecule has 1 aromatic heterocycles. The van der Waals surface area contributed by atoms with Gasteiger partial charge in [0, 0.05) is 48.7 Å². The number of aliphatic hydroxyl groups is 1. The summed E-state index contributed by atoms with van der Waals surface area (Å²) in [5, 5.41) is 20.4. The minimum Gasteiger partial charge on any atom is -0.458 e. The van der Waals surface area contributed by atoms with Crippen molar-refractivity contribution in [3.8, 4) is 11.4 Å². The van der Waals surface area contributed by atoms with Crippen molar-refractivity contribution in [3.63, 3.8) is 0 Å². The van der Waals surface area contributed by atoms with Gasteiger partial charge >= 0.3 is 12.1 Å². The number of nitrogens with zero attached hydrogens (tertiary/aromatic N) is 4. The molecule has 17 nitrogen and oxygen atoms in total. The van der Waals surface area contributed by atoms with Gasteiger partial charge in [0.2, 0.25) is 17.6 Å². The molecule has 5 rings (SSSR count). The predicted molar refractivity (Wildman–Crippen MR) is 219 cm³/mol. The second kappa shape index (κ2) is 19.6. The maximum Gasteiger partial charge on any atom is 0.425 e. The second-order valence-corrected chi connectivity index (χ2v) is 17.6. The third-order valence-corrected chi connectivity index (χ3v) is 12.6. The monoisotopic (exact) mass is 862 g/mol. The van der Waals surface area contributed by atoms with E-state index in [4.69, 9.17) is 39.8 Å². The van der Waals surface area contributed by atoms with Crippen LogP contribution in [0.3, 0.4) is 0 Å². The van der Waals surface area contributed by atoms with E-state index in [1.54, 1.807) is 58.9 Å². The fourth-order valence-corrected chi connectivity index (χ4v) is 9.03. The minimum absolute atomic E-state index is 0.158. The van der Waals surface area contributed by atoms with E-state index < -0.39 is 89.4 Å². The Balaban J connectivity index is 1.40. The lowest BCUT2D eigenvalue weighted by molar-refractivity contribution is -0.295. The Labute approximate surface area is 357 Å². The highest BCUT2D eigenvalue weighted by Crippen LogP contribution is 2.40. The van der Waals surface area contributed by atoms with Gasteiger partial charge in [-0.1, -0.05) is 37.5 Å². The molecule has 0 saturated carbocycles. The number of hydrogen-bond acceptors (Lipinski definition) is 15. The molecule has 3 saturated heterocycles. The number of carbonyl (C=O) groups is 4. The Bertz CT molecular complexity index is 1820. The molecule has 60 heavy (non-hydrogen) atoms. The molecular formula is C42H63ClN6O11. The Morgan fingerprint density at radius 2 is 1.75 bits per heavy atom. The Kier molecular flexibility index (Phi) is 15.4. The maximum absolute atomic E-state index is 14.4. The number of aliphatic hydroxyl groups excluding tert-OH is 1. The molecule has 1 unspecified atom stereocenters. The molecule has 0 spiro atoms. The molecule has 13 atom stereocenters. The van der Waals surface area contributed by atoms with E-state index in [0.717, 1.165) is 5.56 Å². The van der Waals surface area contributed by atoms with E-state index in [0.29, 0.717) is 36.0 Å². The maximum atomic E-state index is 14.4. The van der Waals surface area contributed by atoms with Gasteiger partial charge in [-0.2, -0.15) is 4.98 Å². The standard InChI is InChI=1S/C42H63ClN6O11/c1-12-30-42(8)34(49(40(54)59-42)44-19-13-14-31-46-36(47-60-31)27-15-17-28(43)18-16-27)26(6)37(52)45-22(2)21-41(7,55-11)35(24(4)32(50)25(5)38(53)57-30)58-39-33(51)29(48(9)10)20-23(3)56-39/h15-18,22-26,29-30,33-35,39,44,51H,12-14,19-21H2,1-11H3,(H,45,52)/t22-,23-,24+,25-,26?,29+,30+,33-,34-,35+,39+,41+,42-/m1/s1. The van der Waals surface area contributed by atoms with Gasteiger partial charge in [-0.15, -0.1) is 0 Å². The largest absolute Gasteiger partial charge is 0.458 e.